The number of carbonyl (C=O) groups excluding carboxylic acids is 1. The molecule has 0 unspecified atom stereocenters. The largest absolute Gasteiger partial charge is 0.481 e. The lowest BCUT2D eigenvalue weighted by atomic mass is 10.2. The number of ether oxygens (including phenoxy) is 1. The second-order valence-electron chi connectivity index (χ2n) is 6.83. The zero-order valence-corrected chi connectivity index (χ0v) is 15.6. The smallest absolute Gasteiger partial charge is 0.265 e. The minimum absolute atomic E-state index is 0.207. The maximum absolute atomic E-state index is 12.4. The summed E-state index contributed by atoms with van der Waals surface area (Å²) in [6.45, 7) is 3.90. The zero-order chi connectivity index (χ0) is 19.1. The molecule has 0 radical (unpaired) electrons. The van der Waals surface area contributed by atoms with Crippen LogP contribution in [0.1, 0.15) is 38.2 Å². The van der Waals surface area contributed by atoms with E-state index < -0.39 is 6.10 Å². The monoisotopic (exact) mass is 363 g/mol. The fourth-order valence-corrected chi connectivity index (χ4v) is 3.19. The van der Waals surface area contributed by atoms with Crippen molar-refractivity contribution in [1.29, 1.82) is 5.26 Å². The van der Waals surface area contributed by atoms with Gasteiger partial charge in [0.05, 0.1) is 11.6 Å². The number of nitriles is 1. The summed E-state index contributed by atoms with van der Waals surface area (Å²) >= 11 is 0. The summed E-state index contributed by atoms with van der Waals surface area (Å²) in [5, 5.41) is 11.7. The van der Waals surface area contributed by atoms with Crippen molar-refractivity contribution in [2.45, 2.75) is 38.7 Å². The van der Waals surface area contributed by atoms with E-state index in [-0.39, 0.29) is 5.91 Å². The molecule has 1 atom stereocenters. The molecule has 2 aromatic rings. The van der Waals surface area contributed by atoms with Gasteiger partial charge < -0.3 is 15.0 Å². The Kier molecular flexibility index (Phi) is 6.32. The molecule has 0 aromatic heterocycles. The molecule has 0 spiro atoms. The molecule has 0 bridgehead atoms. The van der Waals surface area contributed by atoms with E-state index in [2.05, 4.69) is 28.4 Å². The summed E-state index contributed by atoms with van der Waals surface area (Å²) in [6.07, 6.45) is 4.46. The van der Waals surface area contributed by atoms with Gasteiger partial charge in [-0.15, -0.1) is 0 Å². The molecule has 0 saturated carbocycles. The second-order valence-corrected chi connectivity index (χ2v) is 6.83. The molecular formula is C22H25N3O2. The van der Waals surface area contributed by atoms with Crippen molar-refractivity contribution in [2.24, 2.45) is 0 Å². The van der Waals surface area contributed by atoms with Crippen molar-refractivity contribution in [3.8, 4) is 11.8 Å². The molecule has 1 amide bonds. The fourth-order valence-electron chi connectivity index (χ4n) is 3.19. The summed E-state index contributed by atoms with van der Waals surface area (Å²) in [5.74, 6) is 0.357. The van der Waals surface area contributed by atoms with Gasteiger partial charge in [-0.2, -0.15) is 5.26 Å². The van der Waals surface area contributed by atoms with Crippen LogP contribution in [0.2, 0.25) is 0 Å². The van der Waals surface area contributed by atoms with Gasteiger partial charge in [-0.05, 0) is 68.3 Å². The maximum atomic E-state index is 12.4. The summed E-state index contributed by atoms with van der Waals surface area (Å²) in [5.41, 5.74) is 2.52. The average Bonchev–Trinajstić information content (AvgIpc) is 2.98. The van der Waals surface area contributed by atoms with Crippen LogP contribution in [0.25, 0.3) is 0 Å². The van der Waals surface area contributed by atoms with Crippen LogP contribution in [0.3, 0.4) is 0 Å². The molecule has 5 heteroatoms. The molecule has 1 N–H and O–H groups in total. The third kappa shape index (κ3) is 5.24. The van der Waals surface area contributed by atoms with Crippen molar-refractivity contribution in [3.63, 3.8) is 0 Å². The Morgan fingerprint density at radius 3 is 2.26 bits per heavy atom. The molecular weight excluding hydrogens is 338 g/mol. The average molecular weight is 363 g/mol. The van der Waals surface area contributed by atoms with Crippen LogP contribution in [-0.4, -0.2) is 25.1 Å². The van der Waals surface area contributed by atoms with Crippen LogP contribution in [0, 0.1) is 11.3 Å². The van der Waals surface area contributed by atoms with E-state index in [0.717, 1.165) is 18.8 Å². The van der Waals surface area contributed by atoms with Gasteiger partial charge in [0.1, 0.15) is 5.75 Å². The third-order valence-corrected chi connectivity index (χ3v) is 4.77. The number of nitrogens with one attached hydrogen (secondary N) is 1. The first-order chi connectivity index (χ1) is 13.2. The summed E-state index contributed by atoms with van der Waals surface area (Å²) in [4.78, 5) is 14.8. The molecule has 3 rings (SSSR count). The standard InChI is InChI=1S/C22H25N3O2/c1-17(27-21-12-6-18(16-23)7-13-21)22(26)24-19-8-10-20(11-9-19)25-14-4-2-3-5-15-25/h6-13,17H,2-5,14-15H2,1H3,(H,24,26)/t17-/m1/s1. The van der Waals surface area contributed by atoms with Crippen LogP contribution >= 0.6 is 0 Å². The highest BCUT2D eigenvalue weighted by Gasteiger charge is 2.15. The highest BCUT2D eigenvalue weighted by Crippen LogP contribution is 2.22. The minimum Gasteiger partial charge on any atom is -0.481 e. The SMILES string of the molecule is C[C@@H](Oc1ccc(C#N)cc1)C(=O)Nc1ccc(N2CCCCCC2)cc1. The number of amides is 1. The van der Waals surface area contributed by atoms with Crippen LogP contribution in [0.5, 0.6) is 5.75 Å². The Hall–Kier alpha value is -3.00. The van der Waals surface area contributed by atoms with Crippen molar-refractivity contribution in [1.82, 2.24) is 0 Å². The number of benzene rings is 2. The highest BCUT2D eigenvalue weighted by atomic mass is 16.5. The fraction of sp³-hybridized carbons (Fsp3) is 0.364. The Morgan fingerprint density at radius 2 is 1.67 bits per heavy atom. The quantitative estimate of drug-likeness (QED) is 0.858. The Balaban J connectivity index is 1.55. The van der Waals surface area contributed by atoms with E-state index in [1.807, 2.05) is 12.1 Å². The van der Waals surface area contributed by atoms with Gasteiger partial charge in [0.2, 0.25) is 0 Å². The van der Waals surface area contributed by atoms with Gasteiger partial charge in [-0.3, -0.25) is 4.79 Å². The predicted molar refractivity (Wildman–Crippen MR) is 107 cm³/mol. The summed E-state index contributed by atoms with van der Waals surface area (Å²) in [6, 6.07) is 16.8. The molecule has 0 aliphatic carbocycles. The maximum Gasteiger partial charge on any atom is 0.265 e. The number of nitrogens with zero attached hydrogens (tertiary/aromatic N) is 2. The zero-order valence-electron chi connectivity index (χ0n) is 15.6. The second kappa shape index (κ2) is 9.09. The summed E-state index contributed by atoms with van der Waals surface area (Å²) in [7, 11) is 0. The van der Waals surface area contributed by atoms with E-state index >= 15 is 0 Å². The topological polar surface area (TPSA) is 65.4 Å². The van der Waals surface area contributed by atoms with E-state index in [4.69, 9.17) is 10.00 Å². The molecule has 1 aliphatic heterocycles. The predicted octanol–water partition coefficient (Wildman–Crippen LogP) is 4.34. The molecule has 1 fully saturated rings. The molecule has 1 aliphatic rings. The van der Waals surface area contributed by atoms with Gasteiger partial charge in [0, 0.05) is 24.5 Å². The van der Waals surface area contributed by atoms with E-state index in [0.29, 0.717) is 11.3 Å². The Labute approximate surface area is 160 Å². The minimum atomic E-state index is -0.636. The normalized spacial score (nSPS) is 15.3. The first kappa shape index (κ1) is 18.8. The lowest BCUT2D eigenvalue weighted by Crippen LogP contribution is -2.30. The third-order valence-electron chi connectivity index (χ3n) is 4.77. The molecule has 1 saturated heterocycles. The van der Waals surface area contributed by atoms with Crippen LogP contribution in [0.4, 0.5) is 11.4 Å². The van der Waals surface area contributed by atoms with Crippen molar-refractivity contribution in [2.75, 3.05) is 23.3 Å². The molecule has 2 aromatic carbocycles. The first-order valence-corrected chi connectivity index (χ1v) is 9.48. The van der Waals surface area contributed by atoms with E-state index in [9.17, 15) is 4.79 Å². The van der Waals surface area contributed by atoms with Gasteiger partial charge in [0.25, 0.3) is 5.91 Å². The van der Waals surface area contributed by atoms with Crippen LogP contribution < -0.4 is 15.0 Å². The lowest BCUT2D eigenvalue weighted by Gasteiger charge is -2.23. The number of rotatable bonds is 5. The van der Waals surface area contributed by atoms with E-state index in [1.165, 1.54) is 31.4 Å². The molecule has 140 valence electrons. The molecule has 5 nitrogen and oxygen atoms in total. The first-order valence-electron chi connectivity index (χ1n) is 9.48. The van der Waals surface area contributed by atoms with Gasteiger partial charge in [-0.25, -0.2) is 0 Å². The van der Waals surface area contributed by atoms with Crippen LogP contribution in [0.15, 0.2) is 48.5 Å². The lowest BCUT2D eigenvalue weighted by molar-refractivity contribution is -0.122. The molecule has 1 heterocycles. The van der Waals surface area contributed by atoms with E-state index in [1.54, 1.807) is 31.2 Å². The number of anilines is 2. The van der Waals surface area contributed by atoms with Gasteiger partial charge in [-0.1, -0.05) is 12.8 Å². The highest BCUT2D eigenvalue weighted by molar-refractivity contribution is 5.94. The van der Waals surface area contributed by atoms with Crippen molar-refractivity contribution < 1.29 is 9.53 Å². The summed E-state index contributed by atoms with van der Waals surface area (Å²) < 4.78 is 5.65. The Bertz CT molecular complexity index is 786. The van der Waals surface area contributed by atoms with Crippen LogP contribution in [-0.2, 0) is 4.79 Å². The van der Waals surface area contributed by atoms with Gasteiger partial charge in [0.15, 0.2) is 6.10 Å². The van der Waals surface area contributed by atoms with Crippen molar-refractivity contribution in [3.05, 3.63) is 54.1 Å². The number of hydrogen-bond donors (Lipinski definition) is 1. The number of carbonyl (C=O) groups is 1. The number of hydrogen-bond acceptors (Lipinski definition) is 4. The molecule has 27 heavy (non-hydrogen) atoms. The van der Waals surface area contributed by atoms with Gasteiger partial charge >= 0.3 is 0 Å². The van der Waals surface area contributed by atoms with Crippen molar-refractivity contribution >= 4 is 17.3 Å². The Morgan fingerprint density at radius 1 is 1.04 bits per heavy atom.